The van der Waals surface area contributed by atoms with Gasteiger partial charge in [0.05, 0.1) is 23.8 Å². The van der Waals surface area contributed by atoms with Gasteiger partial charge in [-0.05, 0) is 69.7 Å². The number of nitrogens with zero attached hydrogens (tertiary/aromatic N) is 4. The van der Waals surface area contributed by atoms with Gasteiger partial charge in [-0.1, -0.05) is 12.8 Å². The van der Waals surface area contributed by atoms with Crippen LogP contribution in [0.1, 0.15) is 92.7 Å². The minimum absolute atomic E-state index is 0.0405. The van der Waals surface area contributed by atoms with E-state index in [2.05, 4.69) is 20.7 Å². The predicted molar refractivity (Wildman–Crippen MR) is 145 cm³/mol. The van der Waals surface area contributed by atoms with Gasteiger partial charge in [0, 0.05) is 37.7 Å². The Balaban J connectivity index is 1.37. The molecule has 0 bridgehead atoms. The van der Waals surface area contributed by atoms with Gasteiger partial charge >= 0.3 is 6.18 Å². The van der Waals surface area contributed by atoms with Crippen LogP contribution in [0.3, 0.4) is 0 Å². The fourth-order valence-electron chi connectivity index (χ4n) is 6.07. The zero-order valence-electron chi connectivity index (χ0n) is 23.4. The Hall–Kier alpha value is -3.09. The minimum atomic E-state index is -4.65. The fraction of sp³-hybridized carbons (Fsp3) is 0.655. The highest BCUT2D eigenvalue weighted by molar-refractivity contribution is 5.94. The molecule has 2 aromatic rings. The molecule has 2 N–H and O–H groups in total. The van der Waals surface area contributed by atoms with Gasteiger partial charge in [0.25, 0.3) is 11.8 Å². The minimum Gasteiger partial charge on any atom is -0.353 e. The van der Waals surface area contributed by atoms with Gasteiger partial charge in [-0.15, -0.1) is 0 Å². The molecule has 2 saturated carbocycles. The Morgan fingerprint density at radius 3 is 2.52 bits per heavy atom. The summed E-state index contributed by atoms with van der Waals surface area (Å²) in [4.78, 5) is 31.9. The third kappa shape index (κ3) is 7.45. The number of likely N-dealkylation sites (tertiary alicyclic amines) is 1. The van der Waals surface area contributed by atoms with Crippen LogP contribution in [0.4, 0.5) is 22.0 Å². The molecule has 0 aromatic carbocycles. The zero-order chi connectivity index (χ0) is 29.9. The number of aromatic nitrogens is 3. The van der Waals surface area contributed by atoms with Crippen molar-refractivity contribution in [2.45, 2.75) is 101 Å². The van der Waals surface area contributed by atoms with E-state index >= 15 is 0 Å². The SMILES string of the molecule is O=C(CC(CCN1CCCC(F)(F)C1)NC(=O)c1cc(-c2ncccc2C(F)(F)F)n(C2CCCC2)n1)NC1CCC1. The maximum absolute atomic E-state index is 14.0. The lowest BCUT2D eigenvalue weighted by molar-refractivity contribution is -0.137. The summed E-state index contributed by atoms with van der Waals surface area (Å²) in [7, 11) is 0. The van der Waals surface area contributed by atoms with Crippen LogP contribution in [0.25, 0.3) is 11.4 Å². The Morgan fingerprint density at radius 1 is 1.10 bits per heavy atom. The van der Waals surface area contributed by atoms with Crippen molar-refractivity contribution in [2.75, 3.05) is 19.6 Å². The van der Waals surface area contributed by atoms with E-state index in [1.54, 1.807) is 4.90 Å². The van der Waals surface area contributed by atoms with Gasteiger partial charge in [-0.25, -0.2) is 8.78 Å². The molecule has 8 nitrogen and oxygen atoms in total. The largest absolute Gasteiger partial charge is 0.418 e. The maximum Gasteiger partial charge on any atom is 0.418 e. The second-order valence-corrected chi connectivity index (χ2v) is 11.8. The van der Waals surface area contributed by atoms with E-state index in [0.29, 0.717) is 25.8 Å². The zero-order valence-corrected chi connectivity index (χ0v) is 23.4. The van der Waals surface area contributed by atoms with Crippen molar-refractivity contribution in [1.29, 1.82) is 0 Å². The number of piperidine rings is 1. The first-order valence-corrected chi connectivity index (χ1v) is 14.8. The van der Waals surface area contributed by atoms with Crippen LogP contribution in [0.15, 0.2) is 24.4 Å². The van der Waals surface area contributed by atoms with E-state index in [9.17, 15) is 31.5 Å². The summed E-state index contributed by atoms with van der Waals surface area (Å²) in [6.07, 6.45) is 3.08. The molecule has 5 rings (SSSR count). The van der Waals surface area contributed by atoms with Gasteiger partial charge in [-0.2, -0.15) is 18.3 Å². The van der Waals surface area contributed by atoms with Crippen molar-refractivity contribution in [3.05, 3.63) is 35.7 Å². The normalized spacial score (nSPS) is 20.7. The van der Waals surface area contributed by atoms with E-state index in [1.165, 1.54) is 23.0 Å². The van der Waals surface area contributed by atoms with Gasteiger partial charge in [0.1, 0.15) is 5.69 Å². The molecule has 13 heteroatoms. The first-order chi connectivity index (χ1) is 20.0. The van der Waals surface area contributed by atoms with E-state index in [4.69, 9.17) is 0 Å². The van der Waals surface area contributed by atoms with Crippen LogP contribution in [-0.4, -0.2) is 69.1 Å². The molecule has 2 aromatic heterocycles. The Bertz CT molecular complexity index is 1260. The topological polar surface area (TPSA) is 92.2 Å². The van der Waals surface area contributed by atoms with Crippen molar-refractivity contribution >= 4 is 11.8 Å². The summed E-state index contributed by atoms with van der Waals surface area (Å²) in [6.45, 7) is 0.399. The molecule has 2 aliphatic carbocycles. The van der Waals surface area contributed by atoms with E-state index < -0.39 is 29.6 Å². The van der Waals surface area contributed by atoms with Gasteiger partial charge in [0.15, 0.2) is 5.69 Å². The molecular weight excluding hydrogens is 559 g/mol. The highest BCUT2D eigenvalue weighted by atomic mass is 19.4. The molecule has 1 unspecified atom stereocenters. The third-order valence-electron chi connectivity index (χ3n) is 8.50. The van der Waals surface area contributed by atoms with Crippen LogP contribution in [-0.2, 0) is 11.0 Å². The number of nitrogens with one attached hydrogen (secondary N) is 2. The average molecular weight is 597 g/mol. The average Bonchev–Trinajstić information content (AvgIpc) is 3.59. The maximum atomic E-state index is 14.0. The van der Waals surface area contributed by atoms with Crippen LogP contribution >= 0.6 is 0 Å². The van der Waals surface area contributed by atoms with Crippen LogP contribution in [0, 0.1) is 0 Å². The van der Waals surface area contributed by atoms with Crippen LogP contribution in [0.2, 0.25) is 0 Å². The van der Waals surface area contributed by atoms with Crippen molar-refractivity contribution in [2.24, 2.45) is 0 Å². The first kappa shape index (κ1) is 30.4. The second kappa shape index (κ2) is 12.6. The highest BCUT2D eigenvalue weighted by Gasteiger charge is 2.37. The van der Waals surface area contributed by atoms with Gasteiger partial charge in [0.2, 0.25) is 5.91 Å². The number of hydrogen-bond acceptors (Lipinski definition) is 5. The lowest BCUT2D eigenvalue weighted by Crippen LogP contribution is -2.47. The standard InChI is InChI=1S/C29H37F5N6O2/c30-28(31)12-5-14-39(18-28)15-11-20(16-25(41)36-19-6-3-7-19)37-27(42)23-17-24(40(38-23)21-8-1-2-9-21)26-22(29(32,33)34)10-4-13-35-26/h4,10,13,17,19-21H,1-3,5-9,11-12,14-16,18H2,(H,36,41)(H,37,42). The lowest BCUT2D eigenvalue weighted by atomic mass is 9.93. The molecule has 3 fully saturated rings. The van der Waals surface area contributed by atoms with Crippen molar-refractivity contribution in [3.63, 3.8) is 0 Å². The summed E-state index contributed by atoms with van der Waals surface area (Å²) >= 11 is 0. The number of amides is 2. The van der Waals surface area contributed by atoms with E-state index in [1.807, 2.05) is 0 Å². The molecule has 0 radical (unpaired) electrons. The Morgan fingerprint density at radius 2 is 1.86 bits per heavy atom. The molecule has 0 spiro atoms. The Labute approximate surface area is 241 Å². The predicted octanol–water partition coefficient (Wildman–Crippen LogP) is 5.36. The van der Waals surface area contributed by atoms with Crippen LogP contribution in [0.5, 0.6) is 0 Å². The van der Waals surface area contributed by atoms with Crippen LogP contribution < -0.4 is 10.6 Å². The first-order valence-electron chi connectivity index (χ1n) is 14.8. The molecule has 1 atom stereocenters. The number of halogens is 5. The summed E-state index contributed by atoms with van der Waals surface area (Å²) < 4.78 is 71.0. The monoisotopic (exact) mass is 596 g/mol. The number of carbonyl (C=O) groups excluding carboxylic acids is 2. The lowest BCUT2D eigenvalue weighted by Gasteiger charge is -2.33. The number of carbonyl (C=O) groups is 2. The number of hydrogen-bond donors (Lipinski definition) is 2. The van der Waals surface area contributed by atoms with Crippen molar-refractivity contribution < 1.29 is 31.5 Å². The smallest absolute Gasteiger partial charge is 0.353 e. The van der Waals surface area contributed by atoms with Gasteiger partial charge in [-0.3, -0.25) is 24.2 Å². The van der Waals surface area contributed by atoms with Crippen molar-refractivity contribution in [3.8, 4) is 11.4 Å². The molecule has 2 amide bonds. The Kier molecular flexibility index (Phi) is 9.14. The third-order valence-corrected chi connectivity index (χ3v) is 8.50. The summed E-state index contributed by atoms with van der Waals surface area (Å²) in [5.74, 6) is -3.65. The molecule has 3 aliphatic rings. The van der Waals surface area contributed by atoms with Crippen molar-refractivity contribution in [1.82, 2.24) is 30.3 Å². The molecule has 230 valence electrons. The number of pyridine rings is 1. The number of rotatable bonds is 10. The molecular formula is C29H37F5N6O2. The molecule has 1 aliphatic heterocycles. The quantitative estimate of drug-likeness (QED) is 0.361. The second-order valence-electron chi connectivity index (χ2n) is 11.8. The van der Waals surface area contributed by atoms with E-state index in [0.717, 1.165) is 38.2 Å². The summed E-state index contributed by atoms with van der Waals surface area (Å²) in [6, 6.07) is 2.74. The molecule has 1 saturated heterocycles. The number of alkyl halides is 5. The van der Waals surface area contributed by atoms with E-state index in [-0.39, 0.29) is 67.4 Å². The molecule has 3 heterocycles. The summed E-state index contributed by atoms with van der Waals surface area (Å²) in [5.41, 5.74) is -1.19. The van der Waals surface area contributed by atoms with Gasteiger partial charge < -0.3 is 10.6 Å². The summed E-state index contributed by atoms with van der Waals surface area (Å²) in [5, 5.41) is 10.2. The highest BCUT2D eigenvalue weighted by Crippen LogP contribution is 2.39. The fourth-order valence-corrected chi connectivity index (χ4v) is 6.07. The molecule has 42 heavy (non-hydrogen) atoms.